The monoisotopic (exact) mass is 152 g/mol. The molecule has 2 rings (SSSR count). The molecule has 62 valence electrons. The molecular formula is C10H16O. The Morgan fingerprint density at radius 1 is 1.36 bits per heavy atom. The van der Waals surface area contributed by atoms with Crippen molar-refractivity contribution < 1.29 is 5.11 Å². The first-order valence-electron chi connectivity index (χ1n) is 4.65. The second-order valence-corrected chi connectivity index (χ2v) is 3.89. The van der Waals surface area contributed by atoms with Gasteiger partial charge in [-0.15, -0.1) is 0 Å². The maximum Gasteiger partial charge on any atom is 0.0641 e. The van der Waals surface area contributed by atoms with E-state index in [4.69, 9.17) is 5.11 Å². The molecule has 1 heteroatoms. The highest BCUT2D eigenvalue weighted by atomic mass is 16.3. The Bertz CT molecular complexity index is 179. The molecule has 2 saturated carbocycles. The minimum Gasteiger partial charge on any atom is -0.392 e. The fraction of sp³-hybridized carbons (Fsp3) is 0.800. The Hall–Kier alpha value is -0.300. The van der Waals surface area contributed by atoms with Gasteiger partial charge in [0, 0.05) is 0 Å². The smallest absolute Gasteiger partial charge is 0.0641 e. The summed E-state index contributed by atoms with van der Waals surface area (Å²) in [6, 6.07) is 0. The number of hydrogen-bond acceptors (Lipinski definition) is 1. The summed E-state index contributed by atoms with van der Waals surface area (Å²) in [5.41, 5.74) is 2.85. The quantitative estimate of drug-likeness (QED) is 0.570. The lowest BCUT2D eigenvalue weighted by atomic mass is 10.0. The molecule has 1 nitrogen and oxygen atoms in total. The normalized spacial score (nSPS) is 34.9. The van der Waals surface area contributed by atoms with E-state index in [-0.39, 0.29) is 6.61 Å². The molecule has 0 aromatic rings. The maximum absolute atomic E-state index is 8.93. The first-order valence-corrected chi connectivity index (χ1v) is 4.65. The first-order chi connectivity index (χ1) is 5.34. The molecule has 0 spiro atoms. The van der Waals surface area contributed by atoms with Crippen molar-refractivity contribution >= 4 is 0 Å². The van der Waals surface area contributed by atoms with Crippen LogP contribution in [0, 0.1) is 11.8 Å². The molecule has 1 N–H and O–H groups in total. The second kappa shape index (κ2) is 2.63. The van der Waals surface area contributed by atoms with Gasteiger partial charge in [-0.05, 0) is 37.2 Å². The number of fused-ring (bicyclic) bond motifs is 1. The van der Waals surface area contributed by atoms with Crippen LogP contribution >= 0.6 is 0 Å². The number of hydrogen-bond donors (Lipinski definition) is 1. The van der Waals surface area contributed by atoms with E-state index in [0.717, 1.165) is 11.8 Å². The van der Waals surface area contributed by atoms with Gasteiger partial charge in [-0.1, -0.05) is 18.4 Å². The summed E-state index contributed by atoms with van der Waals surface area (Å²) in [5, 5.41) is 8.93. The molecule has 2 fully saturated rings. The van der Waals surface area contributed by atoms with Crippen molar-refractivity contribution in [2.24, 2.45) is 11.8 Å². The Kier molecular flexibility index (Phi) is 1.76. The molecule has 0 amide bonds. The fourth-order valence-electron chi connectivity index (χ4n) is 2.55. The Labute approximate surface area is 68.1 Å². The van der Waals surface area contributed by atoms with Crippen molar-refractivity contribution in [1.29, 1.82) is 0 Å². The average molecular weight is 152 g/mol. The number of aliphatic hydroxyl groups is 1. The molecule has 11 heavy (non-hydrogen) atoms. The zero-order valence-electron chi connectivity index (χ0n) is 7.14. The standard InChI is InChI=1S/C10H16O/c1-7(6-11)10-8-4-2-3-5-9(8)10/h8-9,11H,2-6H2,1H3. The number of allylic oxidation sites excluding steroid dienone is 1. The lowest BCUT2D eigenvalue weighted by Gasteiger charge is -2.04. The van der Waals surface area contributed by atoms with Gasteiger partial charge in [0.25, 0.3) is 0 Å². The lowest BCUT2D eigenvalue weighted by Crippen LogP contribution is -1.91. The summed E-state index contributed by atoms with van der Waals surface area (Å²) in [7, 11) is 0. The van der Waals surface area contributed by atoms with Crippen molar-refractivity contribution in [2.75, 3.05) is 6.61 Å². The van der Waals surface area contributed by atoms with Crippen molar-refractivity contribution in [3.63, 3.8) is 0 Å². The molecule has 0 radical (unpaired) electrons. The Balaban J connectivity index is 2.09. The molecular weight excluding hydrogens is 136 g/mol. The molecule has 2 atom stereocenters. The fourth-order valence-corrected chi connectivity index (χ4v) is 2.55. The van der Waals surface area contributed by atoms with Gasteiger partial charge in [-0.25, -0.2) is 0 Å². The molecule has 2 aliphatic carbocycles. The van der Waals surface area contributed by atoms with Gasteiger partial charge in [0.05, 0.1) is 6.61 Å². The number of aliphatic hydroxyl groups excluding tert-OH is 1. The first kappa shape index (κ1) is 7.35. The van der Waals surface area contributed by atoms with E-state index in [9.17, 15) is 0 Å². The predicted molar refractivity (Wildman–Crippen MR) is 45.2 cm³/mol. The Morgan fingerprint density at radius 2 is 1.91 bits per heavy atom. The van der Waals surface area contributed by atoms with Crippen LogP contribution in [0.25, 0.3) is 0 Å². The zero-order valence-corrected chi connectivity index (χ0v) is 7.14. The molecule has 0 aromatic heterocycles. The molecule has 2 aliphatic rings. The summed E-state index contributed by atoms with van der Waals surface area (Å²) in [6.45, 7) is 2.36. The third-order valence-corrected chi connectivity index (χ3v) is 3.19. The Morgan fingerprint density at radius 3 is 2.36 bits per heavy atom. The van der Waals surface area contributed by atoms with Crippen LogP contribution in [0.5, 0.6) is 0 Å². The van der Waals surface area contributed by atoms with E-state index in [0.29, 0.717) is 0 Å². The highest BCUT2D eigenvalue weighted by Crippen LogP contribution is 2.56. The van der Waals surface area contributed by atoms with Gasteiger partial charge >= 0.3 is 0 Å². The summed E-state index contributed by atoms with van der Waals surface area (Å²) in [6.07, 6.45) is 5.58. The third-order valence-electron chi connectivity index (χ3n) is 3.19. The average Bonchev–Trinajstić information content (AvgIpc) is 2.77. The van der Waals surface area contributed by atoms with Gasteiger partial charge in [0.15, 0.2) is 0 Å². The maximum atomic E-state index is 8.93. The van der Waals surface area contributed by atoms with Gasteiger partial charge < -0.3 is 5.11 Å². The molecule has 0 aliphatic heterocycles. The van der Waals surface area contributed by atoms with E-state index in [2.05, 4.69) is 6.92 Å². The summed E-state index contributed by atoms with van der Waals surface area (Å²) >= 11 is 0. The van der Waals surface area contributed by atoms with Gasteiger partial charge in [0.1, 0.15) is 0 Å². The van der Waals surface area contributed by atoms with Gasteiger partial charge in [-0.2, -0.15) is 0 Å². The molecule has 2 unspecified atom stereocenters. The molecule has 0 aromatic carbocycles. The molecule has 0 heterocycles. The van der Waals surface area contributed by atoms with Crippen molar-refractivity contribution in [1.82, 2.24) is 0 Å². The van der Waals surface area contributed by atoms with Crippen LogP contribution in [0.3, 0.4) is 0 Å². The highest BCUT2D eigenvalue weighted by molar-refractivity contribution is 5.35. The van der Waals surface area contributed by atoms with E-state index >= 15 is 0 Å². The van der Waals surface area contributed by atoms with Gasteiger partial charge in [0.2, 0.25) is 0 Å². The second-order valence-electron chi connectivity index (χ2n) is 3.89. The van der Waals surface area contributed by atoms with Crippen LogP contribution in [0.15, 0.2) is 11.1 Å². The topological polar surface area (TPSA) is 20.2 Å². The van der Waals surface area contributed by atoms with E-state index in [1.165, 1.54) is 31.3 Å². The minimum absolute atomic E-state index is 0.280. The minimum atomic E-state index is 0.280. The van der Waals surface area contributed by atoms with Crippen LogP contribution in [0.4, 0.5) is 0 Å². The predicted octanol–water partition coefficient (Wildman–Crippen LogP) is 2.12. The SMILES string of the molecule is CC(CO)=C1C2CCCCC12. The van der Waals surface area contributed by atoms with Crippen molar-refractivity contribution in [3.8, 4) is 0 Å². The largest absolute Gasteiger partial charge is 0.392 e. The van der Waals surface area contributed by atoms with Gasteiger partial charge in [-0.3, -0.25) is 0 Å². The van der Waals surface area contributed by atoms with Crippen LogP contribution in [0.2, 0.25) is 0 Å². The van der Waals surface area contributed by atoms with Crippen LogP contribution in [-0.2, 0) is 0 Å². The van der Waals surface area contributed by atoms with Crippen LogP contribution in [0.1, 0.15) is 32.6 Å². The van der Waals surface area contributed by atoms with Crippen LogP contribution < -0.4 is 0 Å². The zero-order chi connectivity index (χ0) is 7.84. The highest BCUT2D eigenvalue weighted by Gasteiger charge is 2.45. The third kappa shape index (κ3) is 1.12. The summed E-state index contributed by atoms with van der Waals surface area (Å²) < 4.78 is 0. The van der Waals surface area contributed by atoms with E-state index in [1.54, 1.807) is 5.57 Å². The van der Waals surface area contributed by atoms with E-state index < -0.39 is 0 Å². The van der Waals surface area contributed by atoms with Crippen molar-refractivity contribution in [2.45, 2.75) is 32.6 Å². The lowest BCUT2D eigenvalue weighted by molar-refractivity contribution is 0.330. The molecule has 0 saturated heterocycles. The summed E-state index contributed by atoms with van der Waals surface area (Å²) in [4.78, 5) is 0. The summed E-state index contributed by atoms with van der Waals surface area (Å²) in [5.74, 6) is 1.77. The molecule has 0 bridgehead atoms. The van der Waals surface area contributed by atoms with E-state index in [1.807, 2.05) is 0 Å². The van der Waals surface area contributed by atoms with Crippen molar-refractivity contribution in [3.05, 3.63) is 11.1 Å². The number of rotatable bonds is 1. The van der Waals surface area contributed by atoms with Crippen LogP contribution in [-0.4, -0.2) is 11.7 Å².